The zero-order chi connectivity index (χ0) is 17.3. The van der Waals surface area contributed by atoms with Gasteiger partial charge in [-0.1, -0.05) is 31.2 Å². The van der Waals surface area contributed by atoms with E-state index in [0.29, 0.717) is 5.75 Å². The molecule has 0 bridgehead atoms. The molecule has 0 aliphatic carbocycles. The van der Waals surface area contributed by atoms with Crippen molar-refractivity contribution >= 4 is 11.7 Å². The Morgan fingerprint density at radius 2 is 1.79 bits per heavy atom. The molecule has 3 unspecified atom stereocenters. The summed E-state index contributed by atoms with van der Waals surface area (Å²) >= 11 is 0. The lowest BCUT2D eigenvalue weighted by Gasteiger charge is -2.37. The first-order chi connectivity index (χ1) is 11.6. The second-order valence-electron chi connectivity index (χ2n) is 5.99. The highest BCUT2D eigenvalue weighted by Crippen LogP contribution is 2.46. The van der Waals surface area contributed by atoms with E-state index in [1.54, 1.807) is 14.2 Å². The highest BCUT2D eigenvalue weighted by Gasteiger charge is 2.39. The third-order valence-corrected chi connectivity index (χ3v) is 4.71. The van der Waals surface area contributed by atoms with Gasteiger partial charge in [-0.05, 0) is 35.2 Å². The molecule has 2 aromatic carbocycles. The van der Waals surface area contributed by atoms with Gasteiger partial charge in [-0.3, -0.25) is 0 Å². The molecule has 1 heterocycles. The van der Waals surface area contributed by atoms with Gasteiger partial charge in [0.25, 0.3) is 0 Å². The van der Waals surface area contributed by atoms with Crippen molar-refractivity contribution in [1.82, 2.24) is 0 Å². The first-order valence-electron chi connectivity index (χ1n) is 7.87. The van der Waals surface area contributed by atoms with E-state index in [2.05, 4.69) is 5.32 Å². The normalized spacial score (nSPS) is 22.2. The molecule has 0 fully saturated rings. The number of fused-ring (bicyclic) bond motifs is 1. The molecule has 1 aliphatic rings. The predicted octanol–water partition coefficient (Wildman–Crippen LogP) is 3.35. The van der Waals surface area contributed by atoms with Crippen LogP contribution in [0.4, 0.5) is 5.69 Å². The molecule has 3 rings (SSSR count). The van der Waals surface area contributed by atoms with Crippen molar-refractivity contribution in [2.75, 3.05) is 19.5 Å². The second kappa shape index (κ2) is 6.43. The summed E-state index contributed by atoms with van der Waals surface area (Å²) < 4.78 is 10.6. The Labute approximate surface area is 141 Å². The lowest BCUT2D eigenvalue weighted by Crippen LogP contribution is -2.42. The Hall–Kier alpha value is -2.69. The first-order valence-corrected chi connectivity index (χ1v) is 7.87. The molecule has 0 saturated heterocycles. The number of hydrogen-bond acceptors (Lipinski definition) is 4. The van der Waals surface area contributed by atoms with Crippen LogP contribution in [0.25, 0.3) is 0 Å². The van der Waals surface area contributed by atoms with Gasteiger partial charge in [0.2, 0.25) is 0 Å². The maximum Gasteiger partial charge on any atom is 0.326 e. The van der Waals surface area contributed by atoms with E-state index in [-0.39, 0.29) is 11.8 Å². The number of benzene rings is 2. The molecule has 24 heavy (non-hydrogen) atoms. The van der Waals surface area contributed by atoms with Crippen molar-refractivity contribution in [1.29, 1.82) is 0 Å². The Bertz CT molecular complexity index is 742. The van der Waals surface area contributed by atoms with Crippen molar-refractivity contribution in [2.24, 2.45) is 5.92 Å². The van der Waals surface area contributed by atoms with E-state index in [0.717, 1.165) is 22.6 Å². The fourth-order valence-electron chi connectivity index (χ4n) is 3.48. The first kappa shape index (κ1) is 16.2. The van der Waals surface area contributed by atoms with Gasteiger partial charge in [-0.15, -0.1) is 0 Å². The molecular formula is C19H21NO4. The summed E-state index contributed by atoms with van der Waals surface area (Å²) in [5, 5.41) is 12.8. The Kier molecular flexibility index (Phi) is 4.34. The monoisotopic (exact) mass is 327 g/mol. The number of anilines is 1. The van der Waals surface area contributed by atoms with E-state index in [9.17, 15) is 9.90 Å². The van der Waals surface area contributed by atoms with Crippen LogP contribution in [0.2, 0.25) is 0 Å². The average Bonchev–Trinajstić information content (AvgIpc) is 2.60. The minimum Gasteiger partial charge on any atom is -0.497 e. The predicted molar refractivity (Wildman–Crippen MR) is 92.0 cm³/mol. The molecular weight excluding hydrogens is 306 g/mol. The third-order valence-electron chi connectivity index (χ3n) is 4.71. The van der Waals surface area contributed by atoms with Crippen LogP contribution in [-0.2, 0) is 4.79 Å². The molecule has 0 radical (unpaired) electrons. The second-order valence-corrected chi connectivity index (χ2v) is 5.99. The number of aliphatic carboxylic acids is 1. The summed E-state index contributed by atoms with van der Waals surface area (Å²) in [6, 6.07) is 12.9. The number of rotatable bonds is 4. The number of carboxylic acids is 1. The number of carboxylic acid groups (broad SMARTS) is 1. The van der Waals surface area contributed by atoms with Gasteiger partial charge < -0.3 is 19.9 Å². The van der Waals surface area contributed by atoms with Gasteiger partial charge in [0.1, 0.15) is 17.5 Å². The quantitative estimate of drug-likeness (QED) is 0.901. The third kappa shape index (κ3) is 2.66. The number of para-hydroxylation sites is 1. The standard InChI is InChI=1S/C19H21NO4/c1-11-16(12-7-9-13(23-2)10-8-12)14-5-4-6-15(24-3)18(14)20-17(11)19(21)22/h4-11,16-17,20H,1-3H3,(H,21,22). The Morgan fingerprint density at radius 3 is 2.38 bits per heavy atom. The highest BCUT2D eigenvalue weighted by molar-refractivity contribution is 5.82. The van der Waals surface area contributed by atoms with Crippen LogP contribution in [0, 0.1) is 5.92 Å². The van der Waals surface area contributed by atoms with E-state index in [1.165, 1.54) is 0 Å². The molecule has 1 aliphatic heterocycles. The largest absolute Gasteiger partial charge is 0.497 e. The summed E-state index contributed by atoms with van der Waals surface area (Å²) in [6.45, 7) is 1.96. The number of ether oxygens (including phenoxy) is 2. The fraction of sp³-hybridized carbons (Fsp3) is 0.316. The molecule has 0 aromatic heterocycles. The smallest absolute Gasteiger partial charge is 0.326 e. The van der Waals surface area contributed by atoms with Crippen LogP contribution < -0.4 is 14.8 Å². The van der Waals surface area contributed by atoms with Gasteiger partial charge in [0.15, 0.2) is 0 Å². The summed E-state index contributed by atoms with van der Waals surface area (Å²) in [7, 11) is 3.22. The number of methoxy groups -OCH3 is 2. The van der Waals surface area contributed by atoms with Crippen molar-refractivity contribution < 1.29 is 19.4 Å². The maximum atomic E-state index is 11.7. The number of carbonyl (C=O) groups is 1. The zero-order valence-corrected chi connectivity index (χ0v) is 13.9. The van der Waals surface area contributed by atoms with Crippen LogP contribution in [0.1, 0.15) is 24.0 Å². The summed E-state index contributed by atoms with van der Waals surface area (Å²) in [4.78, 5) is 11.7. The molecule has 5 nitrogen and oxygen atoms in total. The van der Waals surface area contributed by atoms with Gasteiger partial charge in [0.05, 0.1) is 19.9 Å². The zero-order valence-electron chi connectivity index (χ0n) is 13.9. The van der Waals surface area contributed by atoms with Gasteiger partial charge >= 0.3 is 5.97 Å². The van der Waals surface area contributed by atoms with Crippen molar-refractivity contribution in [3.05, 3.63) is 53.6 Å². The fourth-order valence-corrected chi connectivity index (χ4v) is 3.48. The summed E-state index contributed by atoms with van der Waals surface area (Å²) in [5.74, 6) is 0.418. The van der Waals surface area contributed by atoms with Crippen LogP contribution in [0.15, 0.2) is 42.5 Å². The molecule has 2 aromatic rings. The Balaban J connectivity index is 2.13. The van der Waals surface area contributed by atoms with Crippen molar-refractivity contribution in [3.63, 3.8) is 0 Å². The van der Waals surface area contributed by atoms with E-state index < -0.39 is 12.0 Å². The lowest BCUT2D eigenvalue weighted by atomic mass is 9.74. The van der Waals surface area contributed by atoms with Gasteiger partial charge in [-0.2, -0.15) is 0 Å². The SMILES string of the molecule is COc1ccc(C2c3cccc(OC)c3NC(C(=O)O)C2C)cc1. The van der Waals surface area contributed by atoms with Gasteiger partial charge in [-0.25, -0.2) is 4.79 Å². The van der Waals surface area contributed by atoms with Crippen LogP contribution in [0.5, 0.6) is 11.5 Å². The molecule has 0 amide bonds. The minimum atomic E-state index is -0.863. The average molecular weight is 327 g/mol. The molecule has 5 heteroatoms. The Morgan fingerprint density at radius 1 is 1.08 bits per heavy atom. The highest BCUT2D eigenvalue weighted by atomic mass is 16.5. The molecule has 0 saturated carbocycles. The molecule has 126 valence electrons. The van der Waals surface area contributed by atoms with E-state index >= 15 is 0 Å². The number of hydrogen-bond donors (Lipinski definition) is 2. The molecule has 2 N–H and O–H groups in total. The van der Waals surface area contributed by atoms with Gasteiger partial charge in [0, 0.05) is 5.92 Å². The van der Waals surface area contributed by atoms with E-state index in [4.69, 9.17) is 9.47 Å². The van der Waals surface area contributed by atoms with Crippen LogP contribution >= 0.6 is 0 Å². The summed E-state index contributed by atoms with van der Waals surface area (Å²) in [5.41, 5.74) is 2.86. The minimum absolute atomic E-state index is 0.0386. The van der Waals surface area contributed by atoms with Crippen LogP contribution in [-0.4, -0.2) is 31.3 Å². The molecule has 3 atom stereocenters. The lowest BCUT2D eigenvalue weighted by molar-refractivity contribution is -0.139. The maximum absolute atomic E-state index is 11.7. The molecule has 0 spiro atoms. The van der Waals surface area contributed by atoms with Crippen molar-refractivity contribution in [2.45, 2.75) is 18.9 Å². The van der Waals surface area contributed by atoms with E-state index in [1.807, 2.05) is 49.4 Å². The van der Waals surface area contributed by atoms with Crippen LogP contribution in [0.3, 0.4) is 0 Å². The van der Waals surface area contributed by atoms with Crippen molar-refractivity contribution in [3.8, 4) is 11.5 Å². The summed E-state index contributed by atoms with van der Waals surface area (Å²) in [6.07, 6.45) is 0. The number of nitrogens with one attached hydrogen (secondary N) is 1. The topological polar surface area (TPSA) is 67.8 Å².